The highest BCUT2D eigenvalue weighted by molar-refractivity contribution is 7.98. The first-order chi connectivity index (χ1) is 11.2. The normalized spacial score (nSPS) is 10.3. The number of amides is 1. The first-order valence-electron chi connectivity index (χ1n) is 7.36. The Morgan fingerprint density at radius 1 is 1.09 bits per heavy atom. The molecule has 0 aliphatic rings. The Labute approximate surface area is 141 Å². The van der Waals surface area contributed by atoms with Crippen LogP contribution in [-0.2, 0) is 11.3 Å². The number of ether oxygens (including phenoxy) is 2. The number of carbonyl (C=O) groups excluding carboxylic acids is 1. The van der Waals surface area contributed by atoms with Gasteiger partial charge in [0.15, 0.2) is 0 Å². The SMILES string of the molecule is COCCOc1ccccc1C(=O)NCc1ccc(SC)cc1. The molecule has 0 unspecified atom stereocenters. The summed E-state index contributed by atoms with van der Waals surface area (Å²) in [4.78, 5) is 13.6. The van der Waals surface area contributed by atoms with Crippen molar-refractivity contribution in [2.45, 2.75) is 11.4 Å². The van der Waals surface area contributed by atoms with E-state index in [9.17, 15) is 4.79 Å². The van der Waals surface area contributed by atoms with Crippen LogP contribution in [0.1, 0.15) is 15.9 Å². The van der Waals surface area contributed by atoms with Gasteiger partial charge in [-0.1, -0.05) is 24.3 Å². The topological polar surface area (TPSA) is 47.6 Å². The lowest BCUT2D eigenvalue weighted by atomic mass is 10.1. The summed E-state index contributed by atoms with van der Waals surface area (Å²) in [6.45, 7) is 1.38. The lowest BCUT2D eigenvalue weighted by Crippen LogP contribution is -2.23. The first-order valence-corrected chi connectivity index (χ1v) is 8.59. The quantitative estimate of drug-likeness (QED) is 0.595. The van der Waals surface area contributed by atoms with Gasteiger partial charge in [0.1, 0.15) is 12.4 Å². The fourth-order valence-corrected chi connectivity index (χ4v) is 2.44. The zero-order valence-electron chi connectivity index (χ0n) is 13.4. The molecule has 4 nitrogen and oxygen atoms in total. The van der Waals surface area contributed by atoms with Crippen LogP contribution < -0.4 is 10.1 Å². The molecule has 0 aliphatic heterocycles. The molecule has 1 amide bonds. The minimum Gasteiger partial charge on any atom is -0.490 e. The second-order valence-electron chi connectivity index (χ2n) is 4.87. The van der Waals surface area contributed by atoms with E-state index in [0.717, 1.165) is 5.56 Å². The molecule has 2 rings (SSSR count). The Hall–Kier alpha value is -1.98. The summed E-state index contributed by atoms with van der Waals surface area (Å²) >= 11 is 1.70. The predicted molar refractivity (Wildman–Crippen MR) is 93.2 cm³/mol. The largest absolute Gasteiger partial charge is 0.490 e. The van der Waals surface area contributed by atoms with Crippen molar-refractivity contribution in [2.24, 2.45) is 0 Å². The van der Waals surface area contributed by atoms with Crippen LogP contribution in [0.4, 0.5) is 0 Å². The van der Waals surface area contributed by atoms with E-state index in [1.807, 2.05) is 42.7 Å². The number of hydrogen-bond donors (Lipinski definition) is 1. The minimum absolute atomic E-state index is 0.146. The van der Waals surface area contributed by atoms with Crippen molar-refractivity contribution < 1.29 is 14.3 Å². The number of hydrogen-bond acceptors (Lipinski definition) is 4. The molecule has 23 heavy (non-hydrogen) atoms. The molecule has 0 bridgehead atoms. The summed E-state index contributed by atoms with van der Waals surface area (Å²) in [7, 11) is 1.62. The molecule has 0 atom stereocenters. The molecule has 0 aliphatic carbocycles. The Bertz CT molecular complexity index is 628. The van der Waals surface area contributed by atoms with Gasteiger partial charge in [0, 0.05) is 18.6 Å². The van der Waals surface area contributed by atoms with Crippen LogP contribution in [-0.4, -0.2) is 32.5 Å². The third-order valence-electron chi connectivity index (χ3n) is 3.29. The highest BCUT2D eigenvalue weighted by Gasteiger charge is 2.11. The van der Waals surface area contributed by atoms with Crippen LogP contribution in [0.2, 0.25) is 0 Å². The van der Waals surface area contributed by atoms with Gasteiger partial charge in [0.2, 0.25) is 0 Å². The molecule has 0 fully saturated rings. The minimum atomic E-state index is -0.146. The van der Waals surface area contributed by atoms with Gasteiger partial charge < -0.3 is 14.8 Å². The molecule has 5 heteroatoms. The van der Waals surface area contributed by atoms with E-state index in [4.69, 9.17) is 9.47 Å². The Balaban J connectivity index is 1.96. The van der Waals surface area contributed by atoms with Crippen molar-refractivity contribution in [2.75, 3.05) is 26.6 Å². The molecule has 0 aromatic heterocycles. The van der Waals surface area contributed by atoms with Gasteiger partial charge in [0.25, 0.3) is 5.91 Å². The lowest BCUT2D eigenvalue weighted by Gasteiger charge is -2.11. The third-order valence-corrected chi connectivity index (χ3v) is 4.03. The summed E-state index contributed by atoms with van der Waals surface area (Å²) in [6.07, 6.45) is 2.04. The molecule has 0 radical (unpaired) electrons. The molecular formula is C18H21NO3S. The van der Waals surface area contributed by atoms with Crippen LogP contribution in [0.25, 0.3) is 0 Å². The lowest BCUT2D eigenvalue weighted by molar-refractivity contribution is 0.0943. The fraction of sp³-hybridized carbons (Fsp3) is 0.278. The fourth-order valence-electron chi connectivity index (χ4n) is 2.04. The van der Waals surface area contributed by atoms with E-state index in [1.54, 1.807) is 31.0 Å². The van der Waals surface area contributed by atoms with Crippen molar-refractivity contribution in [3.05, 3.63) is 59.7 Å². The van der Waals surface area contributed by atoms with E-state index in [1.165, 1.54) is 4.90 Å². The molecule has 2 aromatic carbocycles. The van der Waals surface area contributed by atoms with Crippen molar-refractivity contribution in [3.8, 4) is 5.75 Å². The molecule has 0 heterocycles. The van der Waals surface area contributed by atoms with Gasteiger partial charge >= 0.3 is 0 Å². The smallest absolute Gasteiger partial charge is 0.255 e. The maximum absolute atomic E-state index is 12.4. The number of rotatable bonds is 8. The summed E-state index contributed by atoms with van der Waals surface area (Å²) in [6, 6.07) is 15.4. The molecule has 2 aromatic rings. The summed E-state index contributed by atoms with van der Waals surface area (Å²) in [5.74, 6) is 0.423. The van der Waals surface area contributed by atoms with E-state index >= 15 is 0 Å². The number of methoxy groups -OCH3 is 1. The third kappa shape index (κ3) is 5.30. The van der Waals surface area contributed by atoms with Gasteiger partial charge in [-0.05, 0) is 36.1 Å². The maximum Gasteiger partial charge on any atom is 0.255 e. The standard InChI is InChI=1S/C18H21NO3S/c1-21-11-12-22-17-6-4-3-5-16(17)18(20)19-13-14-7-9-15(23-2)10-8-14/h3-10H,11-13H2,1-2H3,(H,19,20). The predicted octanol–water partition coefficient (Wildman–Crippen LogP) is 3.36. The van der Waals surface area contributed by atoms with Crippen molar-refractivity contribution in [1.29, 1.82) is 0 Å². The van der Waals surface area contributed by atoms with Crippen LogP contribution in [0.3, 0.4) is 0 Å². The number of carbonyl (C=O) groups is 1. The van der Waals surface area contributed by atoms with Crippen LogP contribution in [0.5, 0.6) is 5.75 Å². The number of nitrogens with one attached hydrogen (secondary N) is 1. The molecule has 1 N–H and O–H groups in total. The molecule has 0 spiro atoms. The Morgan fingerprint density at radius 3 is 2.52 bits per heavy atom. The van der Waals surface area contributed by atoms with Gasteiger partial charge in [-0.25, -0.2) is 0 Å². The molecular weight excluding hydrogens is 310 g/mol. The van der Waals surface area contributed by atoms with E-state index in [-0.39, 0.29) is 5.91 Å². The number of para-hydroxylation sites is 1. The van der Waals surface area contributed by atoms with Gasteiger partial charge in [0.05, 0.1) is 12.2 Å². The van der Waals surface area contributed by atoms with Crippen LogP contribution in [0, 0.1) is 0 Å². The summed E-state index contributed by atoms with van der Waals surface area (Å²) in [5.41, 5.74) is 1.60. The van der Waals surface area contributed by atoms with Crippen LogP contribution in [0.15, 0.2) is 53.4 Å². The molecule has 0 saturated heterocycles. The zero-order valence-corrected chi connectivity index (χ0v) is 14.2. The molecule has 122 valence electrons. The summed E-state index contributed by atoms with van der Waals surface area (Å²) in [5, 5.41) is 2.93. The van der Waals surface area contributed by atoms with Crippen molar-refractivity contribution in [1.82, 2.24) is 5.32 Å². The average Bonchev–Trinajstić information content (AvgIpc) is 2.61. The highest BCUT2D eigenvalue weighted by Crippen LogP contribution is 2.18. The van der Waals surface area contributed by atoms with Crippen molar-refractivity contribution in [3.63, 3.8) is 0 Å². The number of benzene rings is 2. The monoisotopic (exact) mass is 331 g/mol. The van der Waals surface area contributed by atoms with E-state index in [0.29, 0.717) is 31.1 Å². The number of thioether (sulfide) groups is 1. The summed E-state index contributed by atoms with van der Waals surface area (Å²) < 4.78 is 10.6. The molecule has 0 saturated carbocycles. The van der Waals surface area contributed by atoms with Crippen LogP contribution >= 0.6 is 11.8 Å². The van der Waals surface area contributed by atoms with E-state index in [2.05, 4.69) is 5.32 Å². The van der Waals surface area contributed by atoms with E-state index < -0.39 is 0 Å². The van der Waals surface area contributed by atoms with Gasteiger partial charge in [-0.3, -0.25) is 4.79 Å². The Morgan fingerprint density at radius 2 is 1.83 bits per heavy atom. The Kier molecular flexibility index (Phi) is 6.97. The first kappa shape index (κ1) is 17.4. The second kappa shape index (κ2) is 9.22. The van der Waals surface area contributed by atoms with Gasteiger partial charge in [-0.15, -0.1) is 11.8 Å². The highest BCUT2D eigenvalue weighted by atomic mass is 32.2. The maximum atomic E-state index is 12.4. The van der Waals surface area contributed by atoms with Gasteiger partial charge in [-0.2, -0.15) is 0 Å². The zero-order chi connectivity index (χ0) is 16.5. The van der Waals surface area contributed by atoms with Crippen molar-refractivity contribution >= 4 is 17.7 Å². The second-order valence-corrected chi connectivity index (χ2v) is 5.75. The average molecular weight is 331 g/mol.